The number of anilines is 2. The van der Waals surface area contributed by atoms with Crippen molar-refractivity contribution in [3.8, 4) is 11.1 Å². The lowest BCUT2D eigenvalue weighted by atomic mass is 10.0. The molecule has 0 bridgehead atoms. The number of aromatic nitrogens is 3. The Morgan fingerprint density at radius 2 is 1.88 bits per heavy atom. The highest BCUT2D eigenvalue weighted by molar-refractivity contribution is 7.91. The maximum Gasteiger partial charge on any atom is 0.260 e. The van der Waals surface area contributed by atoms with Crippen LogP contribution in [-0.4, -0.2) is 48.3 Å². The molecule has 1 saturated heterocycles. The van der Waals surface area contributed by atoms with Crippen LogP contribution in [0.3, 0.4) is 0 Å². The standard InChI is InChI=1S/C28H29F3N6O3S/c1-16(2)37-26-19(12-33-28(35-26)34-21-11-20(29)13-32-14-21)9-22(27(37)38)17-7-8-25(24(31)10-17)36-41(39,40)15-18-5-3-4-6-23(18)30/h3-10,12,16,20-21,32,36H,11,13-15H2,1-2H3,(H,33,34,35)/t20-,21-/m0/s1. The molecular formula is C28H29F3N6O3S. The Bertz CT molecular complexity index is 1760. The molecule has 3 N–H and O–H groups in total. The van der Waals surface area contributed by atoms with Gasteiger partial charge in [-0.3, -0.25) is 14.1 Å². The van der Waals surface area contributed by atoms with Gasteiger partial charge in [0.25, 0.3) is 5.56 Å². The Morgan fingerprint density at radius 3 is 2.59 bits per heavy atom. The van der Waals surface area contributed by atoms with Gasteiger partial charge in [0, 0.05) is 54.3 Å². The fourth-order valence-corrected chi connectivity index (χ4v) is 6.06. The Kier molecular flexibility index (Phi) is 8.00. The zero-order valence-corrected chi connectivity index (χ0v) is 23.2. The smallest absolute Gasteiger partial charge is 0.260 e. The van der Waals surface area contributed by atoms with Crippen LogP contribution in [0.15, 0.2) is 59.5 Å². The Labute approximate surface area is 234 Å². The molecule has 5 rings (SSSR count). The highest BCUT2D eigenvalue weighted by Crippen LogP contribution is 2.27. The molecule has 0 spiro atoms. The van der Waals surface area contributed by atoms with E-state index in [0.717, 1.165) is 12.1 Å². The van der Waals surface area contributed by atoms with E-state index in [0.29, 0.717) is 30.5 Å². The van der Waals surface area contributed by atoms with Crippen LogP contribution in [0.1, 0.15) is 31.9 Å². The third-order valence-electron chi connectivity index (χ3n) is 6.77. The number of benzene rings is 2. The summed E-state index contributed by atoms with van der Waals surface area (Å²) in [6.07, 6.45) is 0.870. The van der Waals surface area contributed by atoms with Crippen LogP contribution in [0.4, 0.5) is 24.8 Å². The molecule has 2 aromatic carbocycles. The number of nitrogens with zero attached hydrogens (tertiary/aromatic N) is 3. The van der Waals surface area contributed by atoms with Crippen molar-refractivity contribution in [2.75, 3.05) is 23.1 Å². The van der Waals surface area contributed by atoms with Crippen molar-refractivity contribution in [2.24, 2.45) is 0 Å². The lowest BCUT2D eigenvalue weighted by Crippen LogP contribution is -2.44. The predicted octanol–water partition coefficient (Wildman–Crippen LogP) is 4.37. The van der Waals surface area contributed by atoms with Gasteiger partial charge in [-0.25, -0.2) is 26.6 Å². The summed E-state index contributed by atoms with van der Waals surface area (Å²) >= 11 is 0. The van der Waals surface area contributed by atoms with Crippen LogP contribution in [0.2, 0.25) is 0 Å². The zero-order chi connectivity index (χ0) is 29.3. The molecule has 0 radical (unpaired) electrons. The lowest BCUT2D eigenvalue weighted by molar-refractivity contribution is 0.254. The molecule has 0 amide bonds. The highest BCUT2D eigenvalue weighted by atomic mass is 32.2. The van der Waals surface area contributed by atoms with Gasteiger partial charge < -0.3 is 10.6 Å². The Morgan fingerprint density at radius 1 is 1.10 bits per heavy atom. The van der Waals surface area contributed by atoms with Gasteiger partial charge in [-0.1, -0.05) is 24.3 Å². The number of hydrogen-bond donors (Lipinski definition) is 3. The van der Waals surface area contributed by atoms with Gasteiger partial charge in [0.05, 0.1) is 11.4 Å². The van der Waals surface area contributed by atoms with Gasteiger partial charge in [0.2, 0.25) is 16.0 Å². The van der Waals surface area contributed by atoms with Crippen molar-refractivity contribution < 1.29 is 21.6 Å². The number of alkyl halides is 1. The molecule has 1 fully saturated rings. The summed E-state index contributed by atoms with van der Waals surface area (Å²) < 4.78 is 71.6. The molecule has 9 nitrogen and oxygen atoms in total. The number of fused-ring (bicyclic) bond motifs is 1. The van der Waals surface area contributed by atoms with Gasteiger partial charge in [-0.15, -0.1) is 0 Å². The summed E-state index contributed by atoms with van der Waals surface area (Å²) in [4.78, 5) is 22.5. The fraction of sp³-hybridized carbons (Fsp3) is 0.321. The van der Waals surface area contributed by atoms with Crippen molar-refractivity contribution in [2.45, 2.75) is 44.3 Å². The SMILES string of the molecule is CC(C)n1c(=O)c(-c2ccc(NS(=O)(=O)Cc3ccccc3F)c(F)c2)cc2cnc(N[C@@H]3CNC[C@@H](F)C3)nc21. The predicted molar refractivity (Wildman–Crippen MR) is 152 cm³/mol. The normalized spacial score (nSPS) is 17.6. The third-order valence-corrected chi connectivity index (χ3v) is 7.99. The second kappa shape index (κ2) is 11.5. The van der Waals surface area contributed by atoms with E-state index >= 15 is 4.39 Å². The summed E-state index contributed by atoms with van der Waals surface area (Å²) in [5, 5.41) is 6.65. The molecule has 216 valence electrons. The molecule has 13 heteroatoms. The fourth-order valence-electron chi connectivity index (χ4n) is 4.85. The number of halogens is 3. The summed E-state index contributed by atoms with van der Waals surface area (Å²) in [6, 6.07) is 10.2. The monoisotopic (exact) mass is 586 g/mol. The van der Waals surface area contributed by atoms with Gasteiger partial charge in [-0.2, -0.15) is 4.98 Å². The number of rotatable bonds is 8. The van der Waals surface area contributed by atoms with Gasteiger partial charge in [-0.05, 0) is 43.7 Å². The number of nitrogens with one attached hydrogen (secondary N) is 3. The molecule has 1 aliphatic heterocycles. The van der Waals surface area contributed by atoms with Crippen molar-refractivity contribution in [3.05, 3.63) is 82.3 Å². The maximum atomic E-state index is 15.1. The first-order chi connectivity index (χ1) is 19.5. The first-order valence-corrected chi connectivity index (χ1v) is 14.7. The van der Waals surface area contributed by atoms with E-state index in [4.69, 9.17) is 0 Å². The molecule has 41 heavy (non-hydrogen) atoms. The maximum absolute atomic E-state index is 15.1. The van der Waals surface area contributed by atoms with E-state index in [9.17, 15) is 22.0 Å². The molecule has 0 saturated carbocycles. The molecule has 0 unspecified atom stereocenters. The minimum Gasteiger partial charge on any atom is -0.350 e. The minimum atomic E-state index is -4.13. The average Bonchev–Trinajstić information content (AvgIpc) is 2.90. The molecule has 0 aliphatic carbocycles. The van der Waals surface area contributed by atoms with Gasteiger partial charge in [0.1, 0.15) is 23.5 Å². The second-order valence-corrected chi connectivity index (χ2v) is 12.0. The summed E-state index contributed by atoms with van der Waals surface area (Å²) in [6.45, 7) is 4.48. The van der Waals surface area contributed by atoms with E-state index in [1.807, 2.05) is 13.8 Å². The van der Waals surface area contributed by atoms with Crippen molar-refractivity contribution in [1.29, 1.82) is 0 Å². The van der Waals surface area contributed by atoms with E-state index < -0.39 is 39.1 Å². The van der Waals surface area contributed by atoms with Gasteiger partial charge in [0.15, 0.2) is 0 Å². The highest BCUT2D eigenvalue weighted by Gasteiger charge is 2.23. The largest absolute Gasteiger partial charge is 0.350 e. The first-order valence-electron chi connectivity index (χ1n) is 13.1. The lowest BCUT2D eigenvalue weighted by Gasteiger charge is -2.26. The van der Waals surface area contributed by atoms with Gasteiger partial charge >= 0.3 is 0 Å². The molecule has 4 aromatic rings. The van der Waals surface area contributed by atoms with E-state index in [1.165, 1.54) is 41.1 Å². The van der Waals surface area contributed by atoms with E-state index in [-0.39, 0.29) is 40.4 Å². The van der Waals surface area contributed by atoms with Crippen molar-refractivity contribution in [1.82, 2.24) is 19.9 Å². The Balaban J connectivity index is 1.45. The van der Waals surface area contributed by atoms with Crippen LogP contribution >= 0.6 is 0 Å². The molecular weight excluding hydrogens is 557 g/mol. The van der Waals surface area contributed by atoms with Crippen LogP contribution < -0.4 is 20.9 Å². The topological polar surface area (TPSA) is 118 Å². The molecule has 2 aromatic heterocycles. The minimum absolute atomic E-state index is 0.0509. The number of sulfonamides is 1. The number of piperidine rings is 1. The number of hydrogen-bond acceptors (Lipinski definition) is 7. The van der Waals surface area contributed by atoms with Crippen LogP contribution in [-0.2, 0) is 15.8 Å². The van der Waals surface area contributed by atoms with Crippen LogP contribution in [0.5, 0.6) is 0 Å². The summed E-state index contributed by atoms with van der Waals surface area (Å²) in [7, 11) is -4.13. The molecule has 2 atom stereocenters. The summed E-state index contributed by atoms with van der Waals surface area (Å²) in [5.74, 6) is -2.00. The second-order valence-electron chi connectivity index (χ2n) is 10.3. The zero-order valence-electron chi connectivity index (χ0n) is 22.4. The average molecular weight is 587 g/mol. The van der Waals surface area contributed by atoms with Crippen molar-refractivity contribution in [3.63, 3.8) is 0 Å². The molecule has 3 heterocycles. The van der Waals surface area contributed by atoms with Crippen LogP contribution in [0, 0.1) is 11.6 Å². The van der Waals surface area contributed by atoms with E-state index in [1.54, 1.807) is 6.07 Å². The van der Waals surface area contributed by atoms with Crippen molar-refractivity contribution >= 4 is 32.7 Å². The molecule has 1 aliphatic rings. The number of pyridine rings is 1. The Hall–Kier alpha value is -3.97. The van der Waals surface area contributed by atoms with E-state index in [2.05, 4.69) is 25.3 Å². The quantitative estimate of drug-likeness (QED) is 0.281. The summed E-state index contributed by atoms with van der Waals surface area (Å²) in [5.41, 5.74) is -0.0403. The first kappa shape index (κ1) is 28.6. The third kappa shape index (κ3) is 6.35. The van der Waals surface area contributed by atoms with Crippen LogP contribution in [0.25, 0.3) is 22.2 Å².